The van der Waals surface area contributed by atoms with E-state index in [-0.39, 0.29) is 0 Å². The Morgan fingerprint density at radius 3 is 1.92 bits per heavy atom. The van der Waals surface area contributed by atoms with Crippen molar-refractivity contribution in [2.45, 2.75) is 60.8 Å². The average Bonchev–Trinajstić information content (AvgIpc) is 2.17. The molecule has 1 aliphatic rings. The van der Waals surface area contributed by atoms with E-state index in [1.807, 2.05) is 27.7 Å². The fraction of sp³-hybridized carbons (Fsp3) is 0.833. The summed E-state index contributed by atoms with van der Waals surface area (Å²) in [5.74, 6) is 0.865. The lowest BCUT2D eigenvalue weighted by atomic mass is 9.91. The summed E-state index contributed by atoms with van der Waals surface area (Å²) in [6.07, 6.45) is 6.49. The van der Waals surface area contributed by atoms with Crippen molar-refractivity contribution in [3.63, 3.8) is 0 Å². The van der Waals surface area contributed by atoms with Gasteiger partial charge in [0.05, 0.1) is 0 Å². The molecule has 0 amide bonds. The lowest BCUT2D eigenvalue weighted by Crippen LogP contribution is -2.00. The van der Waals surface area contributed by atoms with E-state index >= 15 is 0 Å². The number of hydrogen-bond donors (Lipinski definition) is 0. The summed E-state index contributed by atoms with van der Waals surface area (Å²) in [5, 5.41) is 0. The van der Waals surface area contributed by atoms with Gasteiger partial charge >= 0.3 is 0 Å². The third kappa shape index (κ3) is 6.45. The van der Waals surface area contributed by atoms with Crippen LogP contribution in [0.5, 0.6) is 0 Å². The lowest BCUT2D eigenvalue weighted by molar-refractivity contribution is 0.552. The Morgan fingerprint density at radius 2 is 1.67 bits per heavy atom. The lowest BCUT2D eigenvalue weighted by Gasteiger charge is -2.15. The largest absolute Gasteiger partial charge is 0.0853 e. The predicted molar refractivity (Wildman–Crippen MR) is 59.5 cm³/mol. The minimum atomic E-state index is 0.865. The van der Waals surface area contributed by atoms with E-state index in [0.29, 0.717) is 0 Å². The van der Waals surface area contributed by atoms with Gasteiger partial charge in [0.1, 0.15) is 0 Å². The maximum atomic E-state index is 2.37. The van der Waals surface area contributed by atoms with E-state index < -0.39 is 0 Å². The van der Waals surface area contributed by atoms with E-state index in [0.717, 1.165) is 5.92 Å². The molecule has 74 valence electrons. The Labute approximate surface area is 79.1 Å². The van der Waals surface area contributed by atoms with Crippen molar-refractivity contribution in [1.29, 1.82) is 0 Å². The maximum Gasteiger partial charge on any atom is -0.0234 e. The highest BCUT2D eigenvalue weighted by molar-refractivity contribution is 5.04. The van der Waals surface area contributed by atoms with Gasteiger partial charge in [0.2, 0.25) is 0 Å². The van der Waals surface area contributed by atoms with Crippen molar-refractivity contribution >= 4 is 0 Å². The minimum Gasteiger partial charge on any atom is -0.0853 e. The molecule has 0 spiro atoms. The molecule has 1 atom stereocenters. The molecule has 0 saturated heterocycles. The Morgan fingerprint density at radius 1 is 1.17 bits per heavy atom. The van der Waals surface area contributed by atoms with E-state index in [4.69, 9.17) is 0 Å². The van der Waals surface area contributed by atoms with Crippen molar-refractivity contribution < 1.29 is 0 Å². The zero-order valence-electron chi connectivity index (χ0n) is 9.78. The maximum absolute atomic E-state index is 2.37. The zero-order valence-corrected chi connectivity index (χ0v) is 9.78. The summed E-state index contributed by atoms with van der Waals surface area (Å²) >= 11 is 0. The Balaban J connectivity index is 0. The highest BCUT2D eigenvalue weighted by Gasteiger charge is 2.06. The van der Waals surface area contributed by atoms with Gasteiger partial charge in [0, 0.05) is 0 Å². The molecule has 0 aromatic heterocycles. The van der Waals surface area contributed by atoms with Crippen LogP contribution in [0.4, 0.5) is 0 Å². The third-order valence-corrected chi connectivity index (χ3v) is 2.08. The standard InChI is InChI=1S/C8H14.2C2H6/c1-7-5-3-4-6-8(7)2;2*1-2/h5,8H,3-4,6H2,1-2H3;2*1-2H3. The molecule has 0 radical (unpaired) electrons. The van der Waals surface area contributed by atoms with Crippen molar-refractivity contribution in [1.82, 2.24) is 0 Å². The van der Waals surface area contributed by atoms with Crippen molar-refractivity contribution in [2.24, 2.45) is 5.92 Å². The minimum absolute atomic E-state index is 0.865. The quantitative estimate of drug-likeness (QED) is 0.458. The van der Waals surface area contributed by atoms with E-state index in [9.17, 15) is 0 Å². The first-order valence-corrected chi connectivity index (χ1v) is 5.47. The highest BCUT2D eigenvalue weighted by Crippen LogP contribution is 2.22. The number of allylic oxidation sites excluding steroid dienone is 2. The zero-order chi connectivity index (χ0) is 9.98. The van der Waals surface area contributed by atoms with Crippen LogP contribution in [0, 0.1) is 5.92 Å². The van der Waals surface area contributed by atoms with Gasteiger partial charge in [-0.1, -0.05) is 46.3 Å². The van der Waals surface area contributed by atoms with Gasteiger partial charge in [-0.05, 0) is 32.1 Å². The molecule has 0 N–H and O–H groups in total. The predicted octanol–water partition coefficient (Wildman–Crippen LogP) is 4.81. The highest BCUT2D eigenvalue weighted by atomic mass is 14.1. The molecular formula is C12H26. The molecule has 1 unspecified atom stereocenters. The fourth-order valence-corrected chi connectivity index (χ4v) is 1.18. The fourth-order valence-electron chi connectivity index (χ4n) is 1.18. The summed E-state index contributed by atoms with van der Waals surface area (Å²) < 4.78 is 0. The summed E-state index contributed by atoms with van der Waals surface area (Å²) in [5.41, 5.74) is 1.59. The number of rotatable bonds is 0. The first-order chi connectivity index (χ1) is 5.80. The van der Waals surface area contributed by atoms with Gasteiger partial charge in [-0.2, -0.15) is 0 Å². The molecule has 0 aliphatic heterocycles. The van der Waals surface area contributed by atoms with Crippen LogP contribution in [0.25, 0.3) is 0 Å². The molecule has 1 rings (SSSR count). The molecule has 0 nitrogen and oxygen atoms in total. The summed E-state index contributed by atoms with van der Waals surface area (Å²) in [6, 6.07) is 0. The molecule has 0 fully saturated rings. The van der Waals surface area contributed by atoms with Crippen LogP contribution in [0.2, 0.25) is 0 Å². The molecule has 0 heterocycles. The molecule has 0 aromatic rings. The Kier molecular flexibility index (Phi) is 12.8. The van der Waals surface area contributed by atoms with Crippen molar-refractivity contribution in [2.75, 3.05) is 0 Å². The number of hydrogen-bond acceptors (Lipinski definition) is 0. The van der Waals surface area contributed by atoms with E-state index in [2.05, 4.69) is 19.9 Å². The smallest absolute Gasteiger partial charge is 0.0234 e. The van der Waals surface area contributed by atoms with Gasteiger partial charge in [-0.15, -0.1) is 0 Å². The summed E-state index contributed by atoms with van der Waals surface area (Å²) in [7, 11) is 0. The van der Waals surface area contributed by atoms with Crippen LogP contribution in [0.1, 0.15) is 60.8 Å². The molecular weight excluding hydrogens is 144 g/mol. The topological polar surface area (TPSA) is 0 Å². The van der Waals surface area contributed by atoms with E-state index in [1.165, 1.54) is 19.3 Å². The van der Waals surface area contributed by atoms with Crippen LogP contribution in [0.15, 0.2) is 11.6 Å². The average molecular weight is 170 g/mol. The van der Waals surface area contributed by atoms with Gasteiger partial charge in [-0.25, -0.2) is 0 Å². The van der Waals surface area contributed by atoms with Crippen LogP contribution < -0.4 is 0 Å². The van der Waals surface area contributed by atoms with Crippen molar-refractivity contribution in [3.05, 3.63) is 11.6 Å². The Hall–Kier alpha value is -0.260. The Bertz CT molecular complexity index is 101. The summed E-state index contributed by atoms with van der Waals surface area (Å²) in [6.45, 7) is 12.6. The van der Waals surface area contributed by atoms with Gasteiger partial charge < -0.3 is 0 Å². The molecule has 1 aliphatic carbocycles. The first-order valence-electron chi connectivity index (χ1n) is 5.47. The van der Waals surface area contributed by atoms with Crippen molar-refractivity contribution in [3.8, 4) is 0 Å². The van der Waals surface area contributed by atoms with E-state index in [1.54, 1.807) is 5.57 Å². The second-order valence-corrected chi connectivity index (χ2v) is 2.78. The van der Waals surface area contributed by atoms with Gasteiger partial charge in [-0.3, -0.25) is 0 Å². The third-order valence-electron chi connectivity index (χ3n) is 2.08. The van der Waals surface area contributed by atoms with Crippen LogP contribution >= 0.6 is 0 Å². The SMILES string of the molecule is CC.CC.CC1=CCCCC1C. The molecule has 0 bridgehead atoms. The van der Waals surface area contributed by atoms with Gasteiger partial charge in [0.15, 0.2) is 0 Å². The normalized spacial score (nSPS) is 20.8. The van der Waals surface area contributed by atoms with Crippen LogP contribution in [-0.2, 0) is 0 Å². The monoisotopic (exact) mass is 170 g/mol. The second-order valence-electron chi connectivity index (χ2n) is 2.78. The molecule has 0 saturated carbocycles. The molecule has 0 aromatic carbocycles. The molecule has 0 heteroatoms. The summed E-state index contributed by atoms with van der Waals surface area (Å²) in [4.78, 5) is 0. The van der Waals surface area contributed by atoms with Crippen LogP contribution in [0.3, 0.4) is 0 Å². The van der Waals surface area contributed by atoms with Crippen LogP contribution in [-0.4, -0.2) is 0 Å². The molecule has 12 heavy (non-hydrogen) atoms. The first kappa shape index (κ1) is 14.3. The second kappa shape index (κ2) is 10.7. The van der Waals surface area contributed by atoms with Gasteiger partial charge in [0.25, 0.3) is 0 Å².